The van der Waals surface area contributed by atoms with E-state index in [2.05, 4.69) is 17.2 Å². The summed E-state index contributed by atoms with van der Waals surface area (Å²) in [6.07, 6.45) is 1.94. The van der Waals surface area contributed by atoms with E-state index in [1.807, 2.05) is 0 Å². The summed E-state index contributed by atoms with van der Waals surface area (Å²) in [5.74, 6) is -1.87. The van der Waals surface area contributed by atoms with E-state index in [1.165, 1.54) is 12.2 Å². The topological polar surface area (TPSA) is 120 Å². The third-order valence-electron chi connectivity index (χ3n) is 3.46. The molecule has 0 aliphatic carbocycles. The number of hydrogen-bond donors (Lipinski definition) is 2. The molecule has 2 atom stereocenters. The fourth-order valence-electron chi connectivity index (χ4n) is 2.36. The van der Waals surface area contributed by atoms with Crippen molar-refractivity contribution in [3.63, 3.8) is 0 Å². The Hall–Kier alpha value is -2.84. The summed E-state index contributed by atoms with van der Waals surface area (Å²) in [5.41, 5.74) is -0.692. The second-order valence-corrected chi connectivity index (χ2v) is 9.47. The highest BCUT2D eigenvalue weighted by Gasteiger charge is 2.29. The molecule has 1 unspecified atom stereocenters. The van der Waals surface area contributed by atoms with Gasteiger partial charge in [-0.3, -0.25) is 9.59 Å². The van der Waals surface area contributed by atoms with Crippen LogP contribution >= 0.6 is 0 Å². The number of esters is 2. The molecule has 0 bridgehead atoms. The van der Waals surface area contributed by atoms with Gasteiger partial charge < -0.3 is 24.8 Å². The number of ether oxygens (including phenoxy) is 3. The first-order valence-electron chi connectivity index (χ1n) is 10.5. The van der Waals surface area contributed by atoms with Crippen LogP contribution in [-0.2, 0) is 28.6 Å². The highest BCUT2D eigenvalue weighted by molar-refractivity contribution is 5.91. The molecule has 0 aliphatic rings. The summed E-state index contributed by atoms with van der Waals surface area (Å²) >= 11 is 0. The van der Waals surface area contributed by atoms with Crippen LogP contribution in [0.1, 0.15) is 68.2 Å². The van der Waals surface area contributed by atoms with Crippen LogP contribution in [0, 0.1) is 0 Å². The van der Waals surface area contributed by atoms with E-state index in [1.54, 1.807) is 55.4 Å². The molecule has 182 valence electrons. The van der Waals surface area contributed by atoms with E-state index in [9.17, 15) is 19.2 Å². The summed E-state index contributed by atoms with van der Waals surface area (Å²) in [7, 11) is 0. The molecule has 0 rings (SSSR count). The molecular weight excluding hydrogens is 416 g/mol. The number of nitrogens with one attached hydrogen (secondary N) is 2. The lowest BCUT2D eigenvalue weighted by atomic mass is 10.1. The quantitative estimate of drug-likeness (QED) is 0.295. The number of amides is 2. The first kappa shape index (κ1) is 29.2. The molecule has 0 saturated heterocycles. The molecule has 0 fully saturated rings. The summed E-state index contributed by atoms with van der Waals surface area (Å²) in [5, 5.41) is 5.01. The van der Waals surface area contributed by atoms with Gasteiger partial charge in [-0.05, 0) is 61.8 Å². The predicted octanol–water partition coefficient (Wildman–Crippen LogP) is 3.18. The van der Waals surface area contributed by atoms with Crippen LogP contribution < -0.4 is 10.6 Å². The molecule has 9 heteroatoms. The summed E-state index contributed by atoms with van der Waals surface area (Å²) in [4.78, 5) is 49.6. The Morgan fingerprint density at radius 1 is 0.938 bits per heavy atom. The Balaban J connectivity index is 5.48. The van der Waals surface area contributed by atoms with E-state index < -0.39 is 47.2 Å². The number of rotatable bonds is 10. The third kappa shape index (κ3) is 14.2. The van der Waals surface area contributed by atoms with Gasteiger partial charge in [0, 0.05) is 6.42 Å². The molecule has 0 spiro atoms. The van der Waals surface area contributed by atoms with Crippen LogP contribution in [-0.4, -0.2) is 53.8 Å². The maximum Gasteiger partial charge on any atom is 0.408 e. The van der Waals surface area contributed by atoms with Crippen molar-refractivity contribution in [1.82, 2.24) is 10.6 Å². The lowest BCUT2D eigenvalue weighted by molar-refractivity contribution is -0.155. The average molecular weight is 455 g/mol. The zero-order valence-electron chi connectivity index (χ0n) is 20.5. The number of hydrogen-bond acceptors (Lipinski definition) is 7. The van der Waals surface area contributed by atoms with Crippen molar-refractivity contribution in [2.24, 2.45) is 0 Å². The van der Waals surface area contributed by atoms with Crippen molar-refractivity contribution >= 4 is 23.9 Å². The standard InChI is InChI=1S/C23H38N2O7/c1-10-13-30-20(28)17(14-15(2)3)24-19(27)16(25-21(29)32-23(7,8)9)11-12-18(26)31-22(4,5)6/h10,14,16-17H,1,11-13H2,2-9H3,(H,24,27)(H,25,29)/t16-,17?/m0/s1. The van der Waals surface area contributed by atoms with Crippen LogP contribution in [0.25, 0.3) is 0 Å². The maximum atomic E-state index is 12.9. The Labute approximate surface area is 190 Å². The second kappa shape index (κ2) is 12.9. The van der Waals surface area contributed by atoms with Gasteiger partial charge in [0.2, 0.25) is 5.91 Å². The molecule has 0 aromatic heterocycles. The lowest BCUT2D eigenvalue weighted by Crippen LogP contribution is -2.52. The van der Waals surface area contributed by atoms with Crippen LogP contribution in [0.4, 0.5) is 4.79 Å². The summed E-state index contributed by atoms with van der Waals surface area (Å²) in [6.45, 7) is 17.2. The van der Waals surface area contributed by atoms with E-state index in [4.69, 9.17) is 14.2 Å². The molecular formula is C23H38N2O7. The molecule has 0 radical (unpaired) electrons. The van der Waals surface area contributed by atoms with Crippen molar-refractivity contribution in [2.45, 2.75) is 91.5 Å². The largest absolute Gasteiger partial charge is 0.460 e. The predicted molar refractivity (Wildman–Crippen MR) is 121 cm³/mol. The van der Waals surface area contributed by atoms with Crippen LogP contribution in [0.3, 0.4) is 0 Å². The minimum absolute atomic E-state index is 0.0139. The first-order chi connectivity index (χ1) is 14.5. The van der Waals surface area contributed by atoms with Gasteiger partial charge in [0.15, 0.2) is 0 Å². The molecule has 32 heavy (non-hydrogen) atoms. The van der Waals surface area contributed by atoms with Crippen molar-refractivity contribution in [3.8, 4) is 0 Å². The van der Waals surface area contributed by atoms with Crippen LogP contribution in [0.5, 0.6) is 0 Å². The van der Waals surface area contributed by atoms with Gasteiger partial charge in [-0.25, -0.2) is 9.59 Å². The maximum absolute atomic E-state index is 12.9. The third-order valence-corrected chi connectivity index (χ3v) is 3.46. The van der Waals surface area contributed by atoms with Crippen molar-refractivity contribution in [1.29, 1.82) is 0 Å². The fourth-order valence-corrected chi connectivity index (χ4v) is 2.36. The number of alkyl carbamates (subject to hydrolysis) is 1. The molecule has 0 heterocycles. The van der Waals surface area contributed by atoms with Crippen molar-refractivity contribution < 1.29 is 33.4 Å². The lowest BCUT2D eigenvalue weighted by Gasteiger charge is -2.25. The zero-order valence-corrected chi connectivity index (χ0v) is 20.5. The van der Waals surface area contributed by atoms with E-state index in [0.29, 0.717) is 0 Å². The van der Waals surface area contributed by atoms with Gasteiger partial charge in [-0.1, -0.05) is 24.3 Å². The molecule has 0 aromatic rings. The molecule has 0 aromatic carbocycles. The Bertz CT molecular complexity index is 711. The highest BCUT2D eigenvalue weighted by Crippen LogP contribution is 2.12. The second-order valence-electron chi connectivity index (χ2n) is 9.47. The minimum Gasteiger partial charge on any atom is -0.460 e. The molecule has 9 nitrogen and oxygen atoms in total. The van der Waals surface area contributed by atoms with Crippen molar-refractivity contribution in [2.75, 3.05) is 6.61 Å². The summed E-state index contributed by atoms with van der Waals surface area (Å²) < 4.78 is 15.5. The van der Waals surface area contributed by atoms with E-state index in [-0.39, 0.29) is 19.4 Å². The number of carbonyl (C=O) groups is 4. The Morgan fingerprint density at radius 2 is 1.50 bits per heavy atom. The minimum atomic E-state index is -1.14. The van der Waals surface area contributed by atoms with Gasteiger partial charge in [-0.2, -0.15) is 0 Å². The van der Waals surface area contributed by atoms with Gasteiger partial charge in [0.05, 0.1) is 0 Å². The van der Waals surface area contributed by atoms with Crippen LogP contribution in [0.15, 0.2) is 24.3 Å². The Kier molecular flexibility index (Phi) is 11.7. The number of carbonyl (C=O) groups excluding carboxylic acids is 4. The smallest absolute Gasteiger partial charge is 0.408 e. The molecule has 2 amide bonds. The van der Waals surface area contributed by atoms with Crippen LogP contribution in [0.2, 0.25) is 0 Å². The van der Waals surface area contributed by atoms with Gasteiger partial charge in [-0.15, -0.1) is 0 Å². The highest BCUT2D eigenvalue weighted by atomic mass is 16.6. The van der Waals surface area contributed by atoms with Gasteiger partial charge >= 0.3 is 18.0 Å². The van der Waals surface area contributed by atoms with Gasteiger partial charge in [0.1, 0.15) is 29.9 Å². The monoisotopic (exact) mass is 454 g/mol. The normalized spacial score (nSPS) is 13.1. The number of allylic oxidation sites excluding steroid dienone is 1. The first-order valence-corrected chi connectivity index (χ1v) is 10.5. The Morgan fingerprint density at radius 3 is 1.97 bits per heavy atom. The van der Waals surface area contributed by atoms with E-state index in [0.717, 1.165) is 5.57 Å². The SMILES string of the molecule is C=CCOC(=O)C(C=C(C)C)NC(=O)[C@H](CCC(=O)OC(C)(C)C)NC(=O)OC(C)(C)C. The molecule has 2 N–H and O–H groups in total. The average Bonchev–Trinajstić information content (AvgIpc) is 2.58. The zero-order chi connectivity index (χ0) is 25.1. The molecule has 0 aliphatic heterocycles. The molecule has 0 saturated carbocycles. The van der Waals surface area contributed by atoms with Crippen molar-refractivity contribution in [3.05, 3.63) is 24.3 Å². The van der Waals surface area contributed by atoms with E-state index >= 15 is 0 Å². The fraction of sp³-hybridized carbons (Fsp3) is 0.652. The van der Waals surface area contributed by atoms with Gasteiger partial charge in [0.25, 0.3) is 0 Å². The summed E-state index contributed by atoms with van der Waals surface area (Å²) in [6, 6.07) is -2.21.